The van der Waals surface area contributed by atoms with Crippen LogP contribution in [-0.2, 0) is 0 Å². The minimum Gasteiger partial charge on any atom is -0.396 e. The molecule has 0 fully saturated rings. The highest BCUT2D eigenvalue weighted by atomic mass is 16.3. The monoisotopic (exact) mass is 202 g/mol. The van der Waals surface area contributed by atoms with E-state index < -0.39 is 0 Å². The third kappa shape index (κ3) is 6.35. The van der Waals surface area contributed by atoms with E-state index in [0.29, 0.717) is 12.0 Å². The smallest absolute Gasteiger partial charge is 0.0468 e. The largest absolute Gasteiger partial charge is 0.396 e. The van der Waals surface area contributed by atoms with Gasteiger partial charge >= 0.3 is 0 Å². The Labute approximate surface area is 88.5 Å². The highest BCUT2D eigenvalue weighted by Gasteiger charge is 2.05. The quantitative estimate of drug-likeness (QED) is 0.575. The number of nitrogens with one attached hydrogen (secondary N) is 1. The van der Waals surface area contributed by atoms with Gasteiger partial charge in [0, 0.05) is 25.7 Å². The molecule has 0 aromatic heterocycles. The first-order chi connectivity index (χ1) is 6.61. The molecule has 2 atom stereocenters. The van der Waals surface area contributed by atoms with Gasteiger partial charge in [0.2, 0.25) is 0 Å². The molecule has 0 saturated heterocycles. The Bertz CT molecular complexity index is 130. The zero-order valence-corrected chi connectivity index (χ0v) is 10.1. The first-order valence-corrected chi connectivity index (χ1v) is 5.63. The van der Waals surface area contributed by atoms with Gasteiger partial charge in [0.15, 0.2) is 0 Å². The van der Waals surface area contributed by atoms with E-state index in [1.165, 1.54) is 6.42 Å². The molecule has 86 valence electrons. The summed E-state index contributed by atoms with van der Waals surface area (Å²) in [5, 5.41) is 12.2. The van der Waals surface area contributed by atoms with Gasteiger partial charge in [-0.1, -0.05) is 13.8 Å². The van der Waals surface area contributed by atoms with Crippen molar-refractivity contribution in [3.05, 3.63) is 0 Å². The van der Waals surface area contributed by atoms with Crippen molar-refractivity contribution in [2.75, 3.05) is 33.3 Å². The van der Waals surface area contributed by atoms with Crippen LogP contribution in [0.1, 0.15) is 27.2 Å². The fourth-order valence-electron chi connectivity index (χ4n) is 1.20. The number of hydrogen-bond acceptors (Lipinski definition) is 3. The summed E-state index contributed by atoms with van der Waals surface area (Å²) < 4.78 is 0. The molecule has 0 aliphatic heterocycles. The normalized spacial score (nSPS) is 15.9. The van der Waals surface area contributed by atoms with Crippen LogP contribution in [0.3, 0.4) is 0 Å². The van der Waals surface area contributed by atoms with Crippen LogP contribution in [0.15, 0.2) is 0 Å². The fraction of sp³-hybridized carbons (Fsp3) is 1.00. The summed E-state index contributed by atoms with van der Waals surface area (Å²) in [6, 6.07) is 0.659. The van der Waals surface area contributed by atoms with Crippen molar-refractivity contribution in [1.29, 1.82) is 0 Å². The van der Waals surface area contributed by atoms with Crippen LogP contribution in [0.25, 0.3) is 0 Å². The number of aliphatic hydroxyl groups is 1. The Kier molecular flexibility index (Phi) is 8.14. The molecule has 0 aliphatic carbocycles. The lowest BCUT2D eigenvalue weighted by atomic mass is 10.2. The molecule has 0 aliphatic rings. The van der Waals surface area contributed by atoms with Crippen molar-refractivity contribution in [2.45, 2.75) is 33.2 Å². The predicted molar refractivity (Wildman–Crippen MR) is 61.5 cm³/mol. The first-order valence-electron chi connectivity index (χ1n) is 5.63. The maximum atomic E-state index is 8.82. The molecule has 0 spiro atoms. The van der Waals surface area contributed by atoms with E-state index in [-0.39, 0.29) is 6.61 Å². The van der Waals surface area contributed by atoms with E-state index in [1.807, 2.05) is 6.92 Å². The molecule has 14 heavy (non-hydrogen) atoms. The van der Waals surface area contributed by atoms with Crippen molar-refractivity contribution in [1.82, 2.24) is 10.2 Å². The predicted octanol–water partition coefficient (Wildman–Crippen LogP) is 0.935. The Morgan fingerprint density at radius 1 is 1.36 bits per heavy atom. The average molecular weight is 202 g/mol. The van der Waals surface area contributed by atoms with Gasteiger partial charge in [0.25, 0.3) is 0 Å². The summed E-state index contributed by atoms with van der Waals surface area (Å²) in [5.41, 5.74) is 0. The summed E-state index contributed by atoms with van der Waals surface area (Å²) in [6.07, 6.45) is 1.20. The van der Waals surface area contributed by atoms with Crippen molar-refractivity contribution in [3.63, 3.8) is 0 Å². The van der Waals surface area contributed by atoms with Gasteiger partial charge in [-0.15, -0.1) is 0 Å². The van der Waals surface area contributed by atoms with Crippen LogP contribution in [0.5, 0.6) is 0 Å². The summed E-state index contributed by atoms with van der Waals surface area (Å²) in [5.74, 6) is 0.365. The summed E-state index contributed by atoms with van der Waals surface area (Å²) in [7, 11) is 2.16. The van der Waals surface area contributed by atoms with Crippen LogP contribution < -0.4 is 5.32 Å². The van der Waals surface area contributed by atoms with Gasteiger partial charge in [0.1, 0.15) is 0 Å². The molecule has 0 amide bonds. The third-order valence-corrected chi connectivity index (χ3v) is 2.79. The van der Waals surface area contributed by atoms with Gasteiger partial charge in [0.05, 0.1) is 0 Å². The summed E-state index contributed by atoms with van der Waals surface area (Å²) >= 11 is 0. The molecule has 0 heterocycles. The Morgan fingerprint density at radius 3 is 2.50 bits per heavy atom. The second kappa shape index (κ2) is 8.21. The molecule has 0 rings (SSSR count). The van der Waals surface area contributed by atoms with E-state index in [2.05, 4.69) is 31.1 Å². The Hall–Kier alpha value is -0.120. The zero-order chi connectivity index (χ0) is 11.0. The summed E-state index contributed by atoms with van der Waals surface area (Å²) in [6.45, 7) is 9.77. The lowest BCUT2D eigenvalue weighted by molar-refractivity contribution is 0.225. The number of rotatable bonds is 8. The number of nitrogens with zero attached hydrogens (tertiary/aromatic N) is 1. The van der Waals surface area contributed by atoms with Crippen molar-refractivity contribution in [2.24, 2.45) is 5.92 Å². The highest BCUT2D eigenvalue weighted by Crippen LogP contribution is 1.98. The highest BCUT2D eigenvalue weighted by molar-refractivity contribution is 4.63. The molecule has 2 N–H and O–H groups in total. The molecule has 3 nitrogen and oxygen atoms in total. The van der Waals surface area contributed by atoms with Crippen molar-refractivity contribution >= 4 is 0 Å². The van der Waals surface area contributed by atoms with Gasteiger partial charge < -0.3 is 15.3 Å². The molecule has 0 saturated carbocycles. The third-order valence-electron chi connectivity index (χ3n) is 2.79. The van der Waals surface area contributed by atoms with Gasteiger partial charge in [-0.25, -0.2) is 0 Å². The molecular weight excluding hydrogens is 176 g/mol. The molecule has 0 radical (unpaired) electrons. The molecule has 3 heteroatoms. The van der Waals surface area contributed by atoms with Gasteiger partial charge in [-0.2, -0.15) is 0 Å². The van der Waals surface area contributed by atoms with Crippen LogP contribution in [0.4, 0.5) is 0 Å². The molecular formula is C11H26N2O. The SMILES string of the molecule is CCC(C)N(C)CCNCC(C)CO. The summed E-state index contributed by atoms with van der Waals surface area (Å²) in [4.78, 5) is 2.36. The van der Waals surface area contributed by atoms with E-state index in [1.54, 1.807) is 0 Å². The average Bonchev–Trinajstić information content (AvgIpc) is 2.22. The van der Waals surface area contributed by atoms with E-state index in [9.17, 15) is 0 Å². The minimum absolute atomic E-state index is 0.272. The number of likely N-dealkylation sites (N-methyl/N-ethyl adjacent to an activating group) is 1. The van der Waals surface area contributed by atoms with Crippen LogP contribution >= 0.6 is 0 Å². The molecule has 0 aromatic rings. The lowest BCUT2D eigenvalue weighted by Gasteiger charge is -2.23. The first kappa shape index (κ1) is 13.9. The van der Waals surface area contributed by atoms with E-state index in [0.717, 1.165) is 19.6 Å². The maximum Gasteiger partial charge on any atom is 0.0468 e. The Balaban J connectivity index is 3.35. The minimum atomic E-state index is 0.272. The van der Waals surface area contributed by atoms with E-state index >= 15 is 0 Å². The lowest BCUT2D eigenvalue weighted by Crippen LogP contribution is -2.36. The zero-order valence-electron chi connectivity index (χ0n) is 10.1. The van der Waals surface area contributed by atoms with Crippen LogP contribution in [-0.4, -0.2) is 49.3 Å². The van der Waals surface area contributed by atoms with Crippen molar-refractivity contribution < 1.29 is 5.11 Å². The maximum absolute atomic E-state index is 8.82. The van der Waals surface area contributed by atoms with E-state index in [4.69, 9.17) is 5.11 Å². The molecule has 0 aromatic carbocycles. The molecule has 0 bridgehead atoms. The fourth-order valence-corrected chi connectivity index (χ4v) is 1.20. The second-order valence-electron chi connectivity index (χ2n) is 4.23. The molecule has 2 unspecified atom stereocenters. The number of hydrogen-bond donors (Lipinski definition) is 2. The Morgan fingerprint density at radius 2 is 2.00 bits per heavy atom. The topological polar surface area (TPSA) is 35.5 Å². The standard InChI is InChI=1S/C11H26N2O/c1-5-11(3)13(4)7-6-12-8-10(2)9-14/h10-12,14H,5-9H2,1-4H3. The van der Waals surface area contributed by atoms with Crippen molar-refractivity contribution in [3.8, 4) is 0 Å². The van der Waals surface area contributed by atoms with Gasteiger partial charge in [-0.05, 0) is 32.9 Å². The number of aliphatic hydroxyl groups excluding tert-OH is 1. The van der Waals surface area contributed by atoms with Gasteiger partial charge in [-0.3, -0.25) is 0 Å². The second-order valence-corrected chi connectivity index (χ2v) is 4.23. The van der Waals surface area contributed by atoms with Crippen LogP contribution in [0.2, 0.25) is 0 Å². The van der Waals surface area contributed by atoms with Crippen LogP contribution in [0, 0.1) is 5.92 Å².